The summed E-state index contributed by atoms with van der Waals surface area (Å²) in [6, 6.07) is 10.5. The van der Waals surface area contributed by atoms with Gasteiger partial charge in [-0.1, -0.05) is 0 Å². The van der Waals surface area contributed by atoms with E-state index in [0.717, 1.165) is 5.56 Å². The molecule has 2 rings (SSSR count). The predicted molar refractivity (Wildman–Crippen MR) is 88.7 cm³/mol. The van der Waals surface area contributed by atoms with Gasteiger partial charge in [0.25, 0.3) is 0 Å². The number of rotatable bonds is 4. The molecule has 6 heteroatoms. The van der Waals surface area contributed by atoms with E-state index in [1.165, 1.54) is 0 Å². The van der Waals surface area contributed by atoms with E-state index in [1.54, 1.807) is 0 Å². The van der Waals surface area contributed by atoms with Crippen molar-refractivity contribution in [1.29, 1.82) is 0 Å². The molecule has 114 valence electrons. The van der Waals surface area contributed by atoms with Gasteiger partial charge in [0.1, 0.15) is 0 Å². The zero-order valence-electron chi connectivity index (χ0n) is 12.9. The van der Waals surface area contributed by atoms with Gasteiger partial charge in [0.05, 0.1) is 0 Å². The number of thiol groups is 1. The van der Waals surface area contributed by atoms with Crippen LogP contribution >= 0.6 is 18.8 Å². The Morgan fingerprint density at radius 1 is 1.35 bits per heavy atom. The zero-order chi connectivity index (χ0) is 15.0. The topological polar surface area (TPSA) is 24.9 Å². The molecule has 1 heterocycles. The molecule has 0 aliphatic carbocycles. The van der Waals surface area contributed by atoms with E-state index in [0.29, 0.717) is 6.61 Å². The van der Waals surface area contributed by atoms with Crippen LogP contribution in [-0.2, 0) is 9.05 Å². The van der Waals surface area contributed by atoms with Gasteiger partial charge in [0.2, 0.25) is 0 Å². The van der Waals surface area contributed by atoms with Gasteiger partial charge in [0.15, 0.2) is 0 Å². The third-order valence-electron chi connectivity index (χ3n) is 4.03. The standard InChI is InChI=1S/C14H25N2O2PS/c1-6-17-19(20,15(3)4)16(5)12(2)14(18-19)13-10-8-7-9-11-13/h7-12,14,20H,6H2,1-5H3/t12-,14-/m0/s1. The maximum atomic E-state index is 6.47. The van der Waals surface area contributed by atoms with Crippen LogP contribution in [-0.4, -0.2) is 43.1 Å². The molecule has 1 aromatic carbocycles. The summed E-state index contributed by atoms with van der Waals surface area (Å²) in [5, 5.41) is 0. The van der Waals surface area contributed by atoms with Crippen molar-refractivity contribution in [1.82, 2.24) is 9.34 Å². The Kier molecular flexibility index (Phi) is 4.51. The first-order chi connectivity index (χ1) is 9.34. The fraction of sp³-hybridized carbons (Fsp3) is 0.571. The molecule has 2 atom stereocenters. The van der Waals surface area contributed by atoms with E-state index in [1.807, 2.05) is 50.9 Å². The summed E-state index contributed by atoms with van der Waals surface area (Å²) in [4.78, 5) is 0. The van der Waals surface area contributed by atoms with Gasteiger partial charge in [-0.25, -0.2) is 0 Å². The molecular weight excluding hydrogens is 291 g/mol. The van der Waals surface area contributed by atoms with E-state index in [-0.39, 0.29) is 12.1 Å². The number of likely N-dealkylation sites (N-methyl/N-ethyl adjacent to an activating group) is 1. The van der Waals surface area contributed by atoms with Crippen molar-refractivity contribution in [3.05, 3.63) is 35.9 Å². The van der Waals surface area contributed by atoms with Crippen LogP contribution in [0, 0.1) is 0 Å². The van der Waals surface area contributed by atoms with Crippen molar-refractivity contribution in [3.63, 3.8) is 0 Å². The van der Waals surface area contributed by atoms with Gasteiger partial charge in [-0.05, 0) is 0 Å². The van der Waals surface area contributed by atoms with Crippen LogP contribution in [0.5, 0.6) is 0 Å². The van der Waals surface area contributed by atoms with E-state index in [2.05, 4.69) is 23.7 Å². The SMILES string of the molecule is CCOP1(S)(N(C)C)O[C@H](c2ccccc2)[C@H](C)N1C. The molecule has 0 unspecified atom stereocenters. The Bertz CT molecular complexity index is 476. The average Bonchev–Trinajstić information content (AvgIpc) is 2.64. The second-order valence-corrected chi connectivity index (χ2v) is 11.0. The van der Waals surface area contributed by atoms with Crippen molar-refractivity contribution in [2.45, 2.75) is 26.0 Å². The van der Waals surface area contributed by atoms with Gasteiger partial charge in [-0.15, -0.1) is 0 Å². The van der Waals surface area contributed by atoms with Gasteiger partial charge in [0, 0.05) is 0 Å². The first-order valence-corrected chi connectivity index (χ1v) is 10.0. The molecule has 1 saturated heterocycles. The second kappa shape index (κ2) is 5.56. The first-order valence-electron chi connectivity index (χ1n) is 6.91. The monoisotopic (exact) mass is 316 g/mol. The first kappa shape index (κ1) is 16.2. The molecule has 0 radical (unpaired) electrons. The summed E-state index contributed by atoms with van der Waals surface area (Å²) in [5.74, 6) is 0. The van der Waals surface area contributed by atoms with Gasteiger partial charge >= 0.3 is 127 Å². The minimum atomic E-state index is -3.25. The molecule has 0 N–H and O–H groups in total. The molecule has 20 heavy (non-hydrogen) atoms. The van der Waals surface area contributed by atoms with Crippen LogP contribution in [0.1, 0.15) is 25.5 Å². The van der Waals surface area contributed by atoms with E-state index < -0.39 is 6.56 Å². The molecule has 4 nitrogen and oxygen atoms in total. The van der Waals surface area contributed by atoms with Gasteiger partial charge in [-0.3, -0.25) is 0 Å². The Morgan fingerprint density at radius 3 is 2.45 bits per heavy atom. The average molecular weight is 316 g/mol. The molecule has 0 aromatic heterocycles. The summed E-state index contributed by atoms with van der Waals surface area (Å²) >= 11 is 4.95. The minimum absolute atomic E-state index is 0.0367. The number of hydrogen-bond acceptors (Lipinski definition) is 5. The van der Waals surface area contributed by atoms with Crippen molar-refractivity contribution in [2.75, 3.05) is 27.7 Å². The molecule has 1 fully saturated rings. The zero-order valence-corrected chi connectivity index (χ0v) is 14.6. The quantitative estimate of drug-likeness (QED) is 0.676. The van der Waals surface area contributed by atoms with Crippen LogP contribution in [0.25, 0.3) is 0 Å². The summed E-state index contributed by atoms with van der Waals surface area (Å²) in [5.41, 5.74) is 1.16. The third-order valence-corrected chi connectivity index (χ3v) is 10.7. The molecule has 0 spiro atoms. The van der Waals surface area contributed by atoms with Crippen molar-refractivity contribution < 1.29 is 9.05 Å². The number of hydrogen-bond donors (Lipinski definition) is 1. The fourth-order valence-electron chi connectivity index (χ4n) is 2.69. The molecule has 1 aliphatic rings. The summed E-state index contributed by atoms with van der Waals surface area (Å²) in [6.07, 6.45) is -0.0367. The summed E-state index contributed by atoms with van der Waals surface area (Å²) in [7, 11) is 5.97. The maximum absolute atomic E-state index is 6.47. The Hall–Kier alpha value is -0.160. The molecular formula is C14H25N2O2PS. The van der Waals surface area contributed by atoms with Crippen LogP contribution in [0.2, 0.25) is 0 Å². The number of benzene rings is 1. The van der Waals surface area contributed by atoms with Crippen molar-refractivity contribution in [2.24, 2.45) is 0 Å². The van der Waals surface area contributed by atoms with Crippen LogP contribution < -0.4 is 0 Å². The normalized spacial score (nSPS) is 31.1. The molecule has 0 saturated carbocycles. The number of nitrogens with zero attached hydrogens (tertiary/aromatic N) is 2. The second-order valence-electron chi connectivity index (χ2n) is 5.35. The van der Waals surface area contributed by atoms with Crippen molar-refractivity contribution >= 4 is 18.8 Å². The van der Waals surface area contributed by atoms with Gasteiger partial charge in [-0.2, -0.15) is 0 Å². The van der Waals surface area contributed by atoms with Crippen LogP contribution in [0.4, 0.5) is 0 Å². The molecule has 1 aliphatic heterocycles. The third kappa shape index (κ3) is 2.31. The van der Waals surface area contributed by atoms with Gasteiger partial charge < -0.3 is 0 Å². The van der Waals surface area contributed by atoms with E-state index in [9.17, 15) is 0 Å². The van der Waals surface area contributed by atoms with Crippen LogP contribution in [0.15, 0.2) is 30.3 Å². The predicted octanol–water partition coefficient (Wildman–Crippen LogP) is 3.73. The Balaban J connectivity index is 2.44. The van der Waals surface area contributed by atoms with E-state index >= 15 is 0 Å². The molecule has 0 amide bonds. The molecule has 0 bridgehead atoms. The summed E-state index contributed by atoms with van der Waals surface area (Å²) in [6.45, 7) is 1.45. The van der Waals surface area contributed by atoms with Crippen LogP contribution in [0.3, 0.4) is 0 Å². The Labute approximate surface area is 127 Å². The van der Waals surface area contributed by atoms with E-state index in [4.69, 9.17) is 21.3 Å². The fourth-order valence-corrected chi connectivity index (χ4v) is 7.10. The molecule has 1 aromatic rings. The summed E-state index contributed by atoms with van der Waals surface area (Å²) < 4.78 is 16.7. The van der Waals surface area contributed by atoms with Crippen molar-refractivity contribution in [3.8, 4) is 0 Å². The Morgan fingerprint density at radius 2 is 1.95 bits per heavy atom.